The molecule has 0 atom stereocenters. The molecule has 0 saturated heterocycles. The Labute approximate surface area is 462 Å². The van der Waals surface area contributed by atoms with Crippen LogP contribution < -0.4 is 14.5 Å². The first-order chi connectivity index (χ1) is 37.3. The van der Waals surface area contributed by atoms with Crippen LogP contribution in [-0.4, -0.2) is 9.55 Å². The molecular formula is C70H49N4O2Pt-3. The number of fused-ring (bicyclic) bond motifs is 8. The Morgan fingerprint density at radius 3 is 1.78 bits per heavy atom. The number of hydrogen-bond acceptors (Lipinski definition) is 5. The minimum absolute atomic E-state index is 0. The number of para-hydroxylation sites is 4. The molecule has 0 spiro atoms. The smallest absolute Gasteiger partial charge is 0.135 e. The van der Waals surface area contributed by atoms with Crippen molar-refractivity contribution in [3.63, 3.8) is 0 Å². The molecule has 7 heteroatoms. The van der Waals surface area contributed by atoms with Crippen LogP contribution in [0.3, 0.4) is 0 Å². The third-order valence-corrected chi connectivity index (χ3v) is 14.7. The zero-order valence-electron chi connectivity index (χ0n) is 42.5. The van der Waals surface area contributed by atoms with Gasteiger partial charge < -0.3 is 23.5 Å². The summed E-state index contributed by atoms with van der Waals surface area (Å²) in [5.41, 5.74) is 17.7. The SMILES string of the molecule is CC(C)(C)c1ccnc(-n2c3[c-]c(Oc4[c-]c(N5[CH-]N(c6c(-c7cccc(-c8ccccc8)c7)cccc6-c6cccc(-c7ccccc7)c6)c6ccccc65)ccc4)ccc3c3c4oc5ccccc5c4ccc32)c1.[Pt]. The van der Waals surface area contributed by atoms with Gasteiger partial charge in [0.2, 0.25) is 0 Å². The van der Waals surface area contributed by atoms with Crippen molar-refractivity contribution in [3.8, 4) is 61.8 Å². The van der Waals surface area contributed by atoms with E-state index < -0.39 is 0 Å². The van der Waals surface area contributed by atoms with E-state index in [-0.39, 0.29) is 26.5 Å². The molecule has 1 aliphatic heterocycles. The van der Waals surface area contributed by atoms with Crippen LogP contribution in [0, 0.1) is 18.8 Å². The minimum Gasteiger partial charge on any atom is -0.509 e. The summed E-state index contributed by atoms with van der Waals surface area (Å²) in [6.07, 6.45) is 1.90. The summed E-state index contributed by atoms with van der Waals surface area (Å²) in [6, 6.07) is 88.5. The monoisotopic (exact) mass is 1170 g/mol. The van der Waals surface area contributed by atoms with E-state index in [9.17, 15) is 0 Å². The van der Waals surface area contributed by atoms with E-state index in [2.05, 4.69) is 254 Å². The van der Waals surface area contributed by atoms with Crippen molar-refractivity contribution in [2.75, 3.05) is 9.80 Å². The Morgan fingerprint density at radius 1 is 0.494 bits per heavy atom. The van der Waals surface area contributed by atoms with Crippen molar-refractivity contribution >= 4 is 66.5 Å². The van der Waals surface area contributed by atoms with Crippen LogP contribution in [0.1, 0.15) is 26.3 Å². The summed E-state index contributed by atoms with van der Waals surface area (Å²) in [6.45, 7) is 8.87. The van der Waals surface area contributed by atoms with Crippen LogP contribution in [0.15, 0.2) is 241 Å². The van der Waals surface area contributed by atoms with Crippen molar-refractivity contribution in [3.05, 3.63) is 261 Å². The molecule has 0 radical (unpaired) electrons. The second-order valence-corrected chi connectivity index (χ2v) is 20.4. The maximum absolute atomic E-state index is 6.81. The number of hydrogen-bond donors (Lipinski definition) is 0. The summed E-state index contributed by atoms with van der Waals surface area (Å²) in [4.78, 5) is 9.51. The van der Waals surface area contributed by atoms with E-state index >= 15 is 0 Å². The number of rotatable bonds is 9. The van der Waals surface area contributed by atoms with Gasteiger partial charge in [0.25, 0.3) is 0 Å². The first-order valence-electron chi connectivity index (χ1n) is 25.8. The van der Waals surface area contributed by atoms with Crippen LogP contribution in [0.25, 0.3) is 94.1 Å². The fourth-order valence-electron chi connectivity index (χ4n) is 11.0. The molecule has 0 unspecified atom stereocenters. The molecule has 0 aliphatic carbocycles. The van der Waals surface area contributed by atoms with E-state index in [1.807, 2.05) is 36.5 Å². The average Bonchev–Trinajstić information content (AvgIpc) is 4.24. The maximum atomic E-state index is 6.81. The van der Waals surface area contributed by atoms with Gasteiger partial charge in [-0.1, -0.05) is 177 Å². The van der Waals surface area contributed by atoms with E-state index in [1.54, 1.807) is 0 Å². The maximum Gasteiger partial charge on any atom is 0.135 e. The molecule has 3 aromatic heterocycles. The van der Waals surface area contributed by atoms with Gasteiger partial charge in [0.15, 0.2) is 0 Å². The summed E-state index contributed by atoms with van der Waals surface area (Å²) < 4.78 is 15.7. The molecule has 6 nitrogen and oxygen atoms in total. The summed E-state index contributed by atoms with van der Waals surface area (Å²) in [7, 11) is 0. The zero-order valence-corrected chi connectivity index (χ0v) is 44.8. The van der Waals surface area contributed by atoms with Crippen molar-refractivity contribution in [2.45, 2.75) is 26.2 Å². The predicted molar refractivity (Wildman–Crippen MR) is 312 cm³/mol. The number of pyridine rings is 1. The Hall–Kier alpha value is -8.96. The number of ether oxygens (including phenoxy) is 1. The fourth-order valence-corrected chi connectivity index (χ4v) is 11.0. The van der Waals surface area contributed by atoms with Gasteiger partial charge in [0.1, 0.15) is 17.0 Å². The number of aromatic nitrogens is 2. The van der Waals surface area contributed by atoms with Gasteiger partial charge in [-0.3, -0.25) is 0 Å². The van der Waals surface area contributed by atoms with Gasteiger partial charge in [-0.25, -0.2) is 4.98 Å². The first-order valence-corrected chi connectivity index (χ1v) is 25.8. The molecule has 1 aliphatic rings. The zero-order chi connectivity index (χ0) is 50.9. The third kappa shape index (κ3) is 8.46. The number of anilines is 4. The van der Waals surface area contributed by atoms with Gasteiger partial charge in [0, 0.05) is 83.2 Å². The largest absolute Gasteiger partial charge is 0.509 e. The second kappa shape index (κ2) is 19.3. The number of furan rings is 1. The Morgan fingerprint density at radius 2 is 1.08 bits per heavy atom. The van der Waals surface area contributed by atoms with Crippen molar-refractivity contribution in [1.82, 2.24) is 9.55 Å². The molecule has 0 fully saturated rings. The third-order valence-electron chi connectivity index (χ3n) is 14.7. The minimum atomic E-state index is -0.0831. The standard InChI is InChI=1S/C70H49N4O2.Pt/c1-70(2,3)52-38-39-71-66(42-52)74-63-37-36-59-58-28-10-13-33-65(58)76-69(59)67(63)60-35-34-55(44-64(60)74)75-54-27-16-26-53(43-54)72-45-73(62-32-12-11-31-61(62)72)68-56(50-24-14-22-48(40-50)46-18-6-4-7-19-46)29-17-30-57(68)51-25-15-23-49(41-51)47-20-8-5-9-21-47;/h4-42,45H,1-3H3;/q-3;. The molecule has 374 valence electrons. The molecule has 13 aromatic rings. The molecule has 14 rings (SSSR count). The molecular weight excluding hydrogens is 1120 g/mol. The predicted octanol–water partition coefficient (Wildman–Crippen LogP) is 18.8. The van der Waals surface area contributed by atoms with Gasteiger partial charge in [-0.15, -0.1) is 42.7 Å². The molecule has 0 N–H and O–H groups in total. The normalized spacial score (nSPS) is 12.4. The molecule has 0 bridgehead atoms. The summed E-state index contributed by atoms with van der Waals surface area (Å²) in [5.74, 6) is 1.92. The number of benzene rings is 10. The van der Waals surface area contributed by atoms with Gasteiger partial charge in [0.05, 0.1) is 0 Å². The quantitative estimate of drug-likeness (QED) is 0.135. The first kappa shape index (κ1) is 47.7. The van der Waals surface area contributed by atoms with E-state index in [1.165, 1.54) is 16.7 Å². The fraction of sp³-hybridized carbons (Fsp3) is 0.0571. The Kier molecular flexibility index (Phi) is 12.0. The topological polar surface area (TPSA) is 46.7 Å². The summed E-state index contributed by atoms with van der Waals surface area (Å²) in [5, 5.41) is 4.15. The van der Waals surface area contributed by atoms with Crippen molar-refractivity contribution in [1.29, 1.82) is 0 Å². The molecule has 0 saturated carbocycles. The van der Waals surface area contributed by atoms with E-state index in [0.29, 0.717) is 11.5 Å². The van der Waals surface area contributed by atoms with Crippen LogP contribution >= 0.6 is 0 Å². The Bertz CT molecular complexity index is 4260. The Balaban J connectivity index is 0.00000566. The van der Waals surface area contributed by atoms with E-state index in [4.69, 9.17) is 14.1 Å². The second-order valence-electron chi connectivity index (χ2n) is 20.4. The van der Waals surface area contributed by atoms with Crippen LogP contribution in [0.2, 0.25) is 0 Å². The van der Waals surface area contributed by atoms with E-state index in [0.717, 1.165) is 106 Å². The summed E-state index contributed by atoms with van der Waals surface area (Å²) >= 11 is 0. The van der Waals surface area contributed by atoms with Gasteiger partial charge >= 0.3 is 0 Å². The van der Waals surface area contributed by atoms with Crippen molar-refractivity contribution < 1.29 is 30.2 Å². The van der Waals surface area contributed by atoms with Gasteiger partial charge in [-0.2, -0.15) is 12.1 Å². The van der Waals surface area contributed by atoms with Crippen LogP contribution in [0.4, 0.5) is 22.7 Å². The molecule has 10 aromatic carbocycles. The molecule has 4 heterocycles. The number of nitrogens with zero attached hydrogens (tertiary/aromatic N) is 4. The molecule has 77 heavy (non-hydrogen) atoms. The van der Waals surface area contributed by atoms with Crippen LogP contribution in [-0.2, 0) is 26.5 Å². The van der Waals surface area contributed by atoms with Crippen LogP contribution in [0.5, 0.6) is 11.5 Å². The average molecular weight is 1170 g/mol. The van der Waals surface area contributed by atoms with Gasteiger partial charge in [-0.05, 0) is 104 Å². The van der Waals surface area contributed by atoms with Crippen molar-refractivity contribution in [2.24, 2.45) is 0 Å². The molecule has 0 amide bonds.